The van der Waals surface area contributed by atoms with Crippen LogP contribution in [0, 0.1) is 0 Å². The van der Waals surface area contributed by atoms with Crippen LogP contribution in [-0.2, 0) is 0 Å². The topological polar surface area (TPSA) is 41.3 Å². The van der Waals surface area contributed by atoms with Gasteiger partial charge in [0.05, 0.1) is 0 Å². The van der Waals surface area contributed by atoms with E-state index < -0.39 is 0 Å². The first-order valence-corrected chi connectivity index (χ1v) is 6.39. The second kappa shape index (κ2) is 4.28. The Labute approximate surface area is 101 Å². The molecule has 0 spiro atoms. The highest BCUT2D eigenvalue weighted by atomic mass is 15.6. The van der Waals surface area contributed by atoms with Gasteiger partial charge in [-0.2, -0.15) is 0 Å². The van der Waals surface area contributed by atoms with Gasteiger partial charge in [0.1, 0.15) is 0 Å². The van der Waals surface area contributed by atoms with E-state index >= 15 is 0 Å². The predicted octanol–water partition coefficient (Wildman–Crippen LogP) is 2.27. The van der Waals surface area contributed by atoms with Crippen molar-refractivity contribution in [2.24, 2.45) is 5.73 Å². The van der Waals surface area contributed by atoms with E-state index in [0.29, 0.717) is 6.54 Å². The van der Waals surface area contributed by atoms with Crippen molar-refractivity contribution in [3.8, 4) is 0 Å². The van der Waals surface area contributed by atoms with Crippen molar-refractivity contribution in [3.63, 3.8) is 0 Å². The summed E-state index contributed by atoms with van der Waals surface area (Å²) in [6, 6.07) is 0. The number of nitrogens with one attached hydrogen (secondary N) is 1. The van der Waals surface area contributed by atoms with E-state index in [1.807, 2.05) is 0 Å². The molecule has 0 bridgehead atoms. The van der Waals surface area contributed by atoms with Crippen LogP contribution in [0.4, 0.5) is 0 Å². The van der Waals surface area contributed by atoms with Gasteiger partial charge < -0.3 is 5.73 Å². The molecule has 1 saturated heterocycles. The number of nitrogens with two attached hydrogens (primary N) is 1. The molecule has 3 N–H and O–H groups in total. The van der Waals surface area contributed by atoms with Gasteiger partial charge >= 0.3 is 0 Å². The van der Waals surface area contributed by atoms with Crippen LogP contribution < -0.4 is 11.2 Å². The zero-order chi connectivity index (χ0) is 12.6. The Hall–Kier alpha value is -0.120. The summed E-state index contributed by atoms with van der Waals surface area (Å²) in [5.41, 5.74) is 9.81. The number of hydrogen-bond acceptors (Lipinski definition) is 3. The van der Waals surface area contributed by atoms with Crippen molar-refractivity contribution in [2.75, 3.05) is 6.54 Å². The lowest BCUT2D eigenvalue weighted by Gasteiger charge is -2.55. The quantitative estimate of drug-likeness (QED) is 0.777. The Morgan fingerprint density at radius 1 is 1.12 bits per heavy atom. The molecular formula is C13H29N3. The lowest BCUT2D eigenvalue weighted by Crippen LogP contribution is -2.69. The fraction of sp³-hybridized carbons (Fsp3) is 1.00. The van der Waals surface area contributed by atoms with Gasteiger partial charge in [-0.15, -0.1) is 0 Å². The van der Waals surface area contributed by atoms with Gasteiger partial charge in [-0.05, 0) is 60.8 Å². The minimum Gasteiger partial charge on any atom is -0.329 e. The highest BCUT2D eigenvalue weighted by Crippen LogP contribution is 2.37. The lowest BCUT2D eigenvalue weighted by molar-refractivity contribution is -0.0915. The molecule has 1 heterocycles. The van der Waals surface area contributed by atoms with Crippen LogP contribution in [0.15, 0.2) is 0 Å². The van der Waals surface area contributed by atoms with Crippen molar-refractivity contribution >= 4 is 0 Å². The molecule has 1 aliphatic heterocycles. The Balaban J connectivity index is 2.87. The summed E-state index contributed by atoms with van der Waals surface area (Å²) < 4.78 is 0. The second-order valence-electron chi connectivity index (χ2n) is 7.01. The summed E-state index contributed by atoms with van der Waals surface area (Å²) in [4.78, 5) is 0. The maximum Gasteiger partial charge on any atom is 0.0392 e. The molecule has 0 saturated carbocycles. The largest absolute Gasteiger partial charge is 0.329 e. The number of piperidine rings is 1. The van der Waals surface area contributed by atoms with Gasteiger partial charge in [0, 0.05) is 23.2 Å². The molecule has 16 heavy (non-hydrogen) atoms. The first-order chi connectivity index (χ1) is 7.11. The molecule has 1 rings (SSSR count). The number of nitrogens with zero attached hydrogens (tertiary/aromatic N) is 1. The van der Waals surface area contributed by atoms with E-state index in [2.05, 4.69) is 52.0 Å². The molecular weight excluding hydrogens is 198 g/mol. The van der Waals surface area contributed by atoms with E-state index in [0.717, 1.165) is 0 Å². The molecule has 0 amide bonds. The Kier molecular flexibility index (Phi) is 3.73. The molecule has 0 aromatic rings. The Morgan fingerprint density at radius 2 is 1.56 bits per heavy atom. The lowest BCUT2D eigenvalue weighted by atomic mass is 9.81. The minimum atomic E-state index is -0.0358. The van der Waals surface area contributed by atoms with E-state index in [1.54, 1.807) is 0 Å². The van der Waals surface area contributed by atoms with Gasteiger partial charge in [-0.3, -0.25) is 0 Å². The molecule has 0 aliphatic carbocycles. The molecule has 0 aromatic heterocycles. The van der Waals surface area contributed by atoms with Crippen LogP contribution in [-0.4, -0.2) is 28.2 Å². The highest BCUT2D eigenvalue weighted by Gasteiger charge is 2.43. The van der Waals surface area contributed by atoms with Gasteiger partial charge in [-0.1, -0.05) is 0 Å². The molecule has 0 unspecified atom stereocenters. The standard InChI is InChI=1S/C13H29N3/c1-11(2,10-14)15-16-12(3,4)8-7-9-13(16,5)6/h15H,7-10,14H2,1-6H3. The smallest absolute Gasteiger partial charge is 0.0392 e. The molecule has 0 atom stereocenters. The zero-order valence-electron chi connectivity index (χ0n) is 11.9. The number of hydrazine groups is 1. The zero-order valence-corrected chi connectivity index (χ0v) is 11.9. The van der Waals surface area contributed by atoms with E-state index in [1.165, 1.54) is 19.3 Å². The first-order valence-electron chi connectivity index (χ1n) is 6.39. The van der Waals surface area contributed by atoms with Crippen molar-refractivity contribution in [1.82, 2.24) is 10.4 Å². The second-order valence-corrected chi connectivity index (χ2v) is 7.01. The summed E-state index contributed by atoms with van der Waals surface area (Å²) in [6.45, 7) is 14.2. The number of hydrogen-bond donors (Lipinski definition) is 2. The maximum absolute atomic E-state index is 5.81. The third-order valence-corrected chi connectivity index (χ3v) is 3.71. The average Bonchev–Trinajstić information content (AvgIpc) is 2.11. The highest BCUT2D eigenvalue weighted by molar-refractivity contribution is 4.97. The van der Waals surface area contributed by atoms with E-state index in [4.69, 9.17) is 5.73 Å². The molecule has 3 nitrogen and oxygen atoms in total. The van der Waals surface area contributed by atoms with E-state index in [9.17, 15) is 0 Å². The predicted molar refractivity (Wildman–Crippen MR) is 70.1 cm³/mol. The fourth-order valence-electron chi connectivity index (χ4n) is 2.65. The molecule has 1 aliphatic rings. The summed E-state index contributed by atoms with van der Waals surface area (Å²) >= 11 is 0. The Bertz CT molecular complexity index is 228. The summed E-state index contributed by atoms with van der Waals surface area (Å²) in [7, 11) is 0. The maximum atomic E-state index is 5.81. The monoisotopic (exact) mass is 227 g/mol. The fourth-order valence-corrected chi connectivity index (χ4v) is 2.65. The first kappa shape index (κ1) is 13.9. The molecule has 96 valence electrons. The van der Waals surface area contributed by atoms with Crippen LogP contribution >= 0.6 is 0 Å². The van der Waals surface area contributed by atoms with Gasteiger partial charge in [0.15, 0.2) is 0 Å². The minimum absolute atomic E-state index is 0.0358. The van der Waals surface area contributed by atoms with Crippen LogP contribution in [0.25, 0.3) is 0 Å². The normalized spacial score (nSPS) is 25.7. The van der Waals surface area contributed by atoms with Crippen molar-refractivity contribution in [3.05, 3.63) is 0 Å². The van der Waals surface area contributed by atoms with Gasteiger partial charge in [-0.25, -0.2) is 10.4 Å². The molecule has 0 radical (unpaired) electrons. The van der Waals surface area contributed by atoms with Crippen LogP contribution in [0.1, 0.15) is 60.8 Å². The van der Waals surface area contributed by atoms with Crippen LogP contribution in [0.3, 0.4) is 0 Å². The third-order valence-electron chi connectivity index (χ3n) is 3.71. The third kappa shape index (κ3) is 2.96. The van der Waals surface area contributed by atoms with Crippen molar-refractivity contribution in [2.45, 2.75) is 77.4 Å². The van der Waals surface area contributed by atoms with Crippen LogP contribution in [0.5, 0.6) is 0 Å². The van der Waals surface area contributed by atoms with Crippen LogP contribution in [0.2, 0.25) is 0 Å². The van der Waals surface area contributed by atoms with Crippen molar-refractivity contribution < 1.29 is 0 Å². The van der Waals surface area contributed by atoms with Crippen molar-refractivity contribution in [1.29, 1.82) is 0 Å². The molecule has 3 heteroatoms. The summed E-state index contributed by atoms with van der Waals surface area (Å²) in [5, 5.41) is 2.43. The van der Waals surface area contributed by atoms with E-state index in [-0.39, 0.29) is 16.6 Å². The summed E-state index contributed by atoms with van der Waals surface area (Å²) in [5.74, 6) is 0. The Morgan fingerprint density at radius 3 is 1.94 bits per heavy atom. The number of rotatable bonds is 3. The van der Waals surface area contributed by atoms with Gasteiger partial charge in [0.2, 0.25) is 0 Å². The SMILES string of the molecule is CC(C)(CN)NN1C(C)(C)CCCC1(C)C. The molecule has 0 aromatic carbocycles. The summed E-state index contributed by atoms with van der Waals surface area (Å²) in [6.07, 6.45) is 3.79. The average molecular weight is 227 g/mol. The van der Waals surface area contributed by atoms with Gasteiger partial charge in [0.25, 0.3) is 0 Å². The molecule has 1 fully saturated rings.